The number of para-hydroxylation sites is 2. The van der Waals surface area contributed by atoms with Crippen LogP contribution in [0.2, 0.25) is 0 Å². The fourth-order valence-corrected chi connectivity index (χ4v) is 3.53. The number of hydrogen-bond donors (Lipinski definition) is 1. The summed E-state index contributed by atoms with van der Waals surface area (Å²) in [5, 5.41) is 2.99. The van der Waals surface area contributed by atoms with Crippen molar-refractivity contribution < 1.29 is 9.53 Å². The molecule has 0 aliphatic carbocycles. The SMILES string of the molecule is COc1ccccc1-n1c(C)nc2cc(C(=O)NCCc3ccccc3)ccc21. The Kier molecular flexibility index (Phi) is 5.29. The maximum absolute atomic E-state index is 12.6. The molecule has 0 bridgehead atoms. The Hall–Kier alpha value is -3.60. The standard InChI is InChI=1S/C24H23N3O2/c1-17-26-20-16-19(24(28)25-15-14-18-8-4-3-5-9-18)12-13-21(20)27(17)22-10-6-7-11-23(22)29-2/h3-13,16H,14-15H2,1-2H3,(H,25,28). The summed E-state index contributed by atoms with van der Waals surface area (Å²) in [6.07, 6.45) is 0.802. The zero-order chi connectivity index (χ0) is 20.2. The number of fused-ring (bicyclic) bond motifs is 1. The molecule has 0 atom stereocenters. The molecule has 0 spiro atoms. The van der Waals surface area contributed by atoms with Crippen LogP contribution in [0.5, 0.6) is 5.75 Å². The van der Waals surface area contributed by atoms with Crippen molar-refractivity contribution in [3.05, 3.63) is 89.7 Å². The van der Waals surface area contributed by atoms with Gasteiger partial charge >= 0.3 is 0 Å². The summed E-state index contributed by atoms with van der Waals surface area (Å²) in [6.45, 7) is 2.54. The van der Waals surface area contributed by atoms with Crippen molar-refractivity contribution in [1.29, 1.82) is 0 Å². The van der Waals surface area contributed by atoms with Gasteiger partial charge in [-0.25, -0.2) is 4.98 Å². The third-order valence-corrected chi connectivity index (χ3v) is 4.95. The summed E-state index contributed by atoms with van der Waals surface area (Å²) in [7, 11) is 1.66. The predicted octanol–water partition coefficient (Wildman–Crippen LogP) is 4.32. The number of carbonyl (C=O) groups is 1. The zero-order valence-corrected chi connectivity index (χ0v) is 16.6. The van der Waals surface area contributed by atoms with Crippen LogP contribution in [0.1, 0.15) is 21.7 Å². The number of hydrogen-bond acceptors (Lipinski definition) is 3. The molecule has 1 N–H and O–H groups in total. The number of imidazole rings is 1. The zero-order valence-electron chi connectivity index (χ0n) is 16.6. The summed E-state index contributed by atoms with van der Waals surface area (Å²) < 4.78 is 7.55. The number of aromatic nitrogens is 2. The molecular formula is C24H23N3O2. The minimum absolute atomic E-state index is 0.0904. The van der Waals surface area contributed by atoms with E-state index in [2.05, 4.69) is 22.4 Å². The molecule has 0 unspecified atom stereocenters. The molecule has 0 fully saturated rings. The van der Waals surface area contributed by atoms with Gasteiger partial charge in [0.2, 0.25) is 0 Å². The third kappa shape index (κ3) is 3.85. The molecule has 1 heterocycles. The Morgan fingerprint density at radius 2 is 1.79 bits per heavy atom. The number of methoxy groups -OCH3 is 1. The molecule has 1 amide bonds. The summed E-state index contributed by atoms with van der Waals surface area (Å²) in [4.78, 5) is 17.2. The lowest BCUT2D eigenvalue weighted by atomic mass is 10.1. The number of benzene rings is 3. The number of amides is 1. The summed E-state index contributed by atoms with van der Waals surface area (Å²) in [5.74, 6) is 1.52. The Labute approximate surface area is 170 Å². The van der Waals surface area contributed by atoms with Crippen LogP contribution in [0.25, 0.3) is 16.7 Å². The van der Waals surface area contributed by atoms with Crippen molar-refractivity contribution in [2.45, 2.75) is 13.3 Å². The van der Waals surface area contributed by atoms with E-state index in [0.29, 0.717) is 12.1 Å². The van der Waals surface area contributed by atoms with E-state index >= 15 is 0 Å². The van der Waals surface area contributed by atoms with Crippen LogP contribution >= 0.6 is 0 Å². The summed E-state index contributed by atoms with van der Waals surface area (Å²) in [5.41, 5.74) is 4.46. The van der Waals surface area contributed by atoms with E-state index in [1.54, 1.807) is 7.11 Å². The first-order valence-electron chi connectivity index (χ1n) is 9.62. The lowest BCUT2D eigenvalue weighted by Gasteiger charge is -2.11. The fraction of sp³-hybridized carbons (Fsp3) is 0.167. The quantitative estimate of drug-likeness (QED) is 0.538. The minimum Gasteiger partial charge on any atom is -0.495 e. The number of nitrogens with zero attached hydrogens (tertiary/aromatic N) is 2. The van der Waals surface area contributed by atoms with Crippen molar-refractivity contribution in [2.75, 3.05) is 13.7 Å². The van der Waals surface area contributed by atoms with E-state index in [1.165, 1.54) is 5.56 Å². The summed E-state index contributed by atoms with van der Waals surface area (Å²) in [6, 6.07) is 23.6. The maximum atomic E-state index is 12.6. The van der Waals surface area contributed by atoms with E-state index < -0.39 is 0 Å². The van der Waals surface area contributed by atoms with Crippen LogP contribution in [0.4, 0.5) is 0 Å². The molecule has 0 saturated carbocycles. The highest BCUT2D eigenvalue weighted by Crippen LogP contribution is 2.28. The molecule has 29 heavy (non-hydrogen) atoms. The minimum atomic E-state index is -0.0904. The third-order valence-electron chi connectivity index (χ3n) is 4.95. The van der Waals surface area contributed by atoms with Gasteiger partial charge < -0.3 is 10.1 Å². The first kappa shape index (κ1) is 18.7. The molecule has 146 valence electrons. The van der Waals surface area contributed by atoms with Crippen molar-refractivity contribution in [3.8, 4) is 11.4 Å². The number of rotatable bonds is 6. The Morgan fingerprint density at radius 1 is 1.03 bits per heavy atom. The lowest BCUT2D eigenvalue weighted by molar-refractivity contribution is 0.0954. The van der Waals surface area contributed by atoms with Gasteiger partial charge in [-0.3, -0.25) is 9.36 Å². The van der Waals surface area contributed by atoms with Gasteiger partial charge in [-0.2, -0.15) is 0 Å². The first-order valence-corrected chi connectivity index (χ1v) is 9.62. The topological polar surface area (TPSA) is 56.2 Å². The molecule has 0 aliphatic rings. The molecular weight excluding hydrogens is 362 g/mol. The summed E-state index contributed by atoms with van der Waals surface area (Å²) >= 11 is 0. The highest BCUT2D eigenvalue weighted by molar-refractivity contribution is 5.97. The van der Waals surface area contributed by atoms with Gasteiger partial charge in [-0.1, -0.05) is 42.5 Å². The van der Waals surface area contributed by atoms with E-state index in [-0.39, 0.29) is 5.91 Å². The van der Waals surface area contributed by atoms with Crippen LogP contribution in [0, 0.1) is 6.92 Å². The highest BCUT2D eigenvalue weighted by Gasteiger charge is 2.15. The van der Waals surface area contributed by atoms with E-state index in [4.69, 9.17) is 4.74 Å². The molecule has 4 aromatic rings. The smallest absolute Gasteiger partial charge is 0.251 e. The van der Waals surface area contributed by atoms with E-state index in [1.807, 2.05) is 72.2 Å². The second kappa shape index (κ2) is 8.19. The van der Waals surface area contributed by atoms with Crippen molar-refractivity contribution in [1.82, 2.24) is 14.9 Å². The lowest BCUT2D eigenvalue weighted by Crippen LogP contribution is -2.25. The normalized spacial score (nSPS) is 10.8. The number of aryl methyl sites for hydroxylation is 1. The van der Waals surface area contributed by atoms with Gasteiger partial charge in [0.15, 0.2) is 0 Å². The Bertz CT molecular complexity index is 1150. The molecule has 5 nitrogen and oxygen atoms in total. The number of carbonyl (C=O) groups excluding carboxylic acids is 1. The van der Waals surface area contributed by atoms with Crippen LogP contribution in [-0.2, 0) is 6.42 Å². The molecule has 3 aromatic carbocycles. The van der Waals surface area contributed by atoms with Gasteiger partial charge in [0, 0.05) is 12.1 Å². The van der Waals surface area contributed by atoms with Crippen molar-refractivity contribution >= 4 is 16.9 Å². The molecule has 1 aromatic heterocycles. The van der Waals surface area contributed by atoms with Gasteiger partial charge in [0.05, 0.1) is 23.8 Å². The van der Waals surface area contributed by atoms with E-state index in [0.717, 1.165) is 34.7 Å². The predicted molar refractivity (Wildman–Crippen MR) is 115 cm³/mol. The fourth-order valence-electron chi connectivity index (χ4n) is 3.53. The van der Waals surface area contributed by atoms with Crippen LogP contribution in [0.3, 0.4) is 0 Å². The number of ether oxygens (including phenoxy) is 1. The number of nitrogens with one attached hydrogen (secondary N) is 1. The molecule has 0 aliphatic heterocycles. The van der Waals surface area contributed by atoms with Crippen LogP contribution in [-0.4, -0.2) is 29.1 Å². The van der Waals surface area contributed by atoms with Crippen molar-refractivity contribution in [3.63, 3.8) is 0 Å². The molecule has 5 heteroatoms. The monoisotopic (exact) mass is 385 g/mol. The Balaban J connectivity index is 1.56. The molecule has 0 saturated heterocycles. The largest absolute Gasteiger partial charge is 0.495 e. The van der Waals surface area contributed by atoms with Gasteiger partial charge in [-0.05, 0) is 49.2 Å². The van der Waals surface area contributed by atoms with Crippen LogP contribution in [0.15, 0.2) is 72.8 Å². The van der Waals surface area contributed by atoms with Gasteiger partial charge in [-0.15, -0.1) is 0 Å². The van der Waals surface area contributed by atoms with E-state index in [9.17, 15) is 4.79 Å². The van der Waals surface area contributed by atoms with Crippen molar-refractivity contribution in [2.24, 2.45) is 0 Å². The molecule has 4 rings (SSSR count). The average Bonchev–Trinajstić information content (AvgIpc) is 3.09. The first-order chi connectivity index (χ1) is 14.2. The highest BCUT2D eigenvalue weighted by atomic mass is 16.5. The molecule has 0 radical (unpaired) electrons. The van der Waals surface area contributed by atoms with Gasteiger partial charge in [0.25, 0.3) is 5.91 Å². The average molecular weight is 385 g/mol. The van der Waals surface area contributed by atoms with Crippen LogP contribution < -0.4 is 10.1 Å². The Morgan fingerprint density at radius 3 is 2.59 bits per heavy atom. The maximum Gasteiger partial charge on any atom is 0.251 e. The second-order valence-corrected chi connectivity index (χ2v) is 6.86. The van der Waals surface area contributed by atoms with Gasteiger partial charge in [0.1, 0.15) is 11.6 Å². The second-order valence-electron chi connectivity index (χ2n) is 6.86.